The lowest BCUT2D eigenvalue weighted by Gasteiger charge is -2.09. The Hall–Kier alpha value is -0.650. The molecule has 1 saturated heterocycles. The first-order chi connectivity index (χ1) is 8.33. The second kappa shape index (κ2) is 9.39. The second-order valence-corrected chi connectivity index (χ2v) is 4.21. The molecule has 1 aliphatic rings. The van der Waals surface area contributed by atoms with Crippen LogP contribution >= 0.6 is 0 Å². The van der Waals surface area contributed by atoms with Gasteiger partial charge in [-0.3, -0.25) is 4.79 Å². The Morgan fingerprint density at radius 3 is 3.06 bits per heavy atom. The van der Waals surface area contributed by atoms with Gasteiger partial charge in [0.05, 0.1) is 19.3 Å². The van der Waals surface area contributed by atoms with E-state index >= 15 is 0 Å². The molecule has 1 rings (SSSR count). The zero-order chi connectivity index (χ0) is 12.3. The fourth-order valence-electron chi connectivity index (χ4n) is 1.82. The van der Waals surface area contributed by atoms with Gasteiger partial charge in [0, 0.05) is 26.2 Å². The van der Waals surface area contributed by atoms with E-state index in [9.17, 15) is 4.79 Å². The maximum absolute atomic E-state index is 11.4. The first-order valence-electron chi connectivity index (χ1n) is 6.40. The molecule has 5 nitrogen and oxygen atoms in total. The third kappa shape index (κ3) is 7.31. The SMILES string of the molecule is O=C(CCC1CCCO1)NCCCOCCO. The summed E-state index contributed by atoms with van der Waals surface area (Å²) in [6.07, 6.45) is 4.64. The zero-order valence-electron chi connectivity index (χ0n) is 10.3. The molecule has 5 heteroatoms. The van der Waals surface area contributed by atoms with Crippen LogP contribution in [0.3, 0.4) is 0 Å². The van der Waals surface area contributed by atoms with Crippen molar-refractivity contribution in [2.24, 2.45) is 0 Å². The van der Waals surface area contributed by atoms with E-state index in [0.29, 0.717) is 26.2 Å². The monoisotopic (exact) mass is 245 g/mol. The second-order valence-electron chi connectivity index (χ2n) is 4.21. The molecule has 100 valence electrons. The van der Waals surface area contributed by atoms with Crippen LogP contribution in [0, 0.1) is 0 Å². The van der Waals surface area contributed by atoms with Crippen LogP contribution in [-0.4, -0.2) is 50.1 Å². The lowest BCUT2D eigenvalue weighted by Crippen LogP contribution is -2.26. The number of carbonyl (C=O) groups excluding carboxylic acids is 1. The van der Waals surface area contributed by atoms with Crippen molar-refractivity contribution in [3.05, 3.63) is 0 Å². The fourth-order valence-corrected chi connectivity index (χ4v) is 1.82. The number of hydrogen-bond acceptors (Lipinski definition) is 4. The van der Waals surface area contributed by atoms with Crippen molar-refractivity contribution in [3.8, 4) is 0 Å². The van der Waals surface area contributed by atoms with E-state index in [1.54, 1.807) is 0 Å². The quantitative estimate of drug-likeness (QED) is 0.579. The van der Waals surface area contributed by atoms with Crippen LogP contribution in [0.25, 0.3) is 0 Å². The molecule has 1 amide bonds. The van der Waals surface area contributed by atoms with Crippen LogP contribution < -0.4 is 5.32 Å². The van der Waals surface area contributed by atoms with E-state index in [-0.39, 0.29) is 18.6 Å². The summed E-state index contributed by atoms with van der Waals surface area (Å²) >= 11 is 0. The zero-order valence-corrected chi connectivity index (χ0v) is 10.3. The van der Waals surface area contributed by atoms with Crippen LogP contribution in [0.5, 0.6) is 0 Å². The normalized spacial score (nSPS) is 19.5. The van der Waals surface area contributed by atoms with Gasteiger partial charge >= 0.3 is 0 Å². The lowest BCUT2D eigenvalue weighted by molar-refractivity contribution is -0.121. The Morgan fingerprint density at radius 2 is 2.35 bits per heavy atom. The third-order valence-corrected chi connectivity index (χ3v) is 2.74. The smallest absolute Gasteiger partial charge is 0.220 e. The Morgan fingerprint density at radius 1 is 1.47 bits per heavy atom. The predicted octanol–water partition coefficient (Wildman–Crippen LogP) is 0.461. The van der Waals surface area contributed by atoms with Crippen LogP contribution in [0.15, 0.2) is 0 Å². The maximum Gasteiger partial charge on any atom is 0.220 e. The molecule has 0 aromatic rings. The van der Waals surface area contributed by atoms with Gasteiger partial charge in [0.15, 0.2) is 0 Å². The first-order valence-corrected chi connectivity index (χ1v) is 6.40. The molecule has 1 unspecified atom stereocenters. The Labute approximate surface area is 102 Å². The van der Waals surface area contributed by atoms with Gasteiger partial charge in [-0.15, -0.1) is 0 Å². The summed E-state index contributed by atoms with van der Waals surface area (Å²) in [6.45, 7) is 2.47. The molecule has 1 heterocycles. The summed E-state index contributed by atoms with van der Waals surface area (Å²) in [5.41, 5.74) is 0. The highest BCUT2D eigenvalue weighted by Gasteiger charge is 2.16. The molecule has 0 aromatic heterocycles. The molecule has 0 spiro atoms. The molecular weight excluding hydrogens is 222 g/mol. The average molecular weight is 245 g/mol. The number of hydrogen-bond donors (Lipinski definition) is 2. The molecule has 1 aliphatic heterocycles. The van der Waals surface area contributed by atoms with Crippen molar-refractivity contribution >= 4 is 5.91 Å². The van der Waals surface area contributed by atoms with E-state index in [2.05, 4.69) is 5.32 Å². The Bertz CT molecular complexity index is 205. The van der Waals surface area contributed by atoms with E-state index in [1.807, 2.05) is 0 Å². The summed E-state index contributed by atoms with van der Waals surface area (Å²) in [5.74, 6) is 0.0858. The molecule has 1 fully saturated rings. The van der Waals surface area contributed by atoms with Gasteiger partial charge in [-0.2, -0.15) is 0 Å². The number of carbonyl (C=O) groups is 1. The van der Waals surface area contributed by atoms with Gasteiger partial charge in [0.1, 0.15) is 0 Å². The molecule has 0 radical (unpaired) electrons. The minimum atomic E-state index is 0.0494. The summed E-state index contributed by atoms with van der Waals surface area (Å²) in [7, 11) is 0. The third-order valence-electron chi connectivity index (χ3n) is 2.74. The maximum atomic E-state index is 11.4. The van der Waals surface area contributed by atoms with Crippen molar-refractivity contribution in [1.29, 1.82) is 0 Å². The summed E-state index contributed by atoms with van der Waals surface area (Å²) in [5, 5.41) is 11.3. The van der Waals surface area contributed by atoms with Crippen molar-refractivity contribution in [2.75, 3.05) is 33.0 Å². The summed E-state index contributed by atoms with van der Waals surface area (Å²) in [6, 6.07) is 0. The van der Waals surface area contributed by atoms with Crippen molar-refractivity contribution < 1.29 is 19.4 Å². The highest BCUT2D eigenvalue weighted by Crippen LogP contribution is 2.16. The number of rotatable bonds is 9. The lowest BCUT2D eigenvalue weighted by atomic mass is 10.1. The van der Waals surface area contributed by atoms with Gasteiger partial charge < -0.3 is 19.9 Å². The van der Waals surface area contributed by atoms with Gasteiger partial charge in [0.2, 0.25) is 5.91 Å². The molecule has 0 aromatic carbocycles. The molecule has 0 saturated carbocycles. The van der Waals surface area contributed by atoms with E-state index in [4.69, 9.17) is 14.6 Å². The van der Waals surface area contributed by atoms with Crippen LogP contribution in [0.2, 0.25) is 0 Å². The number of nitrogens with one attached hydrogen (secondary N) is 1. The van der Waals surface area contributed by atoms with Crippen LogP contribution in [0.4, 0.5) is 0 Å². The van der Waals surface area contributed by atoms with Crippen LogP contribution in [0.1, 0.15) is 32.1 Å². The van der Waals surface area contributed by atoms with Gasteiger partial charge in [0.25, 0.3) is 0 Å². The summed E-state index contributed by atoms with van der Waals surface area (Å²) < 4.78 is 10.5. The van der Waals surface area contributed by atoms with Gasteiger partial charge in [-0.1, -0.05) is 0 Å². The van der Waals surface area contributed by atoms with Gasteiger partial charge in [-0.25, -0.2) is 0 Å². The average Bonchev–Trinajstić information content (AvgIpc) is 2.84. The molecule has 17 heavy (non-hydrogen) atoms. The fraction of sp³-hybridized carbons (Fsp3) is 0.917. The molecule has 0 aliphatic carbocycles. The minimum Gasteiger partial charge on any atom is -0.394 e. The largest absolute Gasteiger partial charge is 0.394 e. The summed E-state index contributed by atoms with van der Waals surface area (Å²) in [4.78, 5) is 11.4. The van der Waals surface area contributed by atoms with E-state index in [1.165, 1.54) is 0 Å². The number of amides is 1. The highest BCUT2D eigenvalue weighted by molar-refractivity contribution is 5.75. The molecule has 1 atom stereocenters. The van der Waals surface area contributed by atoms with Crippen molar-refractivity contribution in [1.82, 2.24) is 5.32 Å². The standard InChI is InChI=1S/C12H23NO4/c14-7-10-16-8-2-6-13-12(15)5-4-11-3-1-9-17-11/h11,14H,1-10H2,(H,13,15). The van der Waals surface area contributed by atoms with Gasteiger partial charge in [-0.05, 0) is 25.7 Å². The number of aliphatic hydroxyl groups is 1. The Kier molecular flexibility index (Phi) is 7.96. The minimum absolute atomic E-state index is 0.0494. The Balaban J connectivity index is 1.87. The van der Waals surface area contributed by atoms with Crippen molar-refractivity contribution in [3.63, 3.8) is 0 Å². The van der Waals surface area contributed by atoms with Crippen LogP contribution in [-0.2, 0) is 14.3 Å². The van der Waals surface area contributed by atoms with E-state index < -0.39 is 0 Å². The molecule has 2 N–H and O–H groups in total. The number of ether oxygens (including phenoxy) is 2. The molecule has 0 bridgehead atoms. The predicted molar refractivity (Wildman–Crippen MR) is 63.7 cm³/mol. The first kappa shape index (κ1) is 14.4. The number of aliphatic hydroxyl groups excluding tert-OH is 1. The molecular formula is C12H23NO4. The topological polar surface area (TPSA) is 67.8 Å². The van der Waals surface area contributed by atoms with E-state index in [0.717, 1.165) is 32.3 Å². The highest BCUT2D eigenvalue weighted by atomic mass is 16.5. The van der Waals surface area contributed by atoms with Crippen molar-refractivity contribution in [2.45, 2.75) is 38.2 Å².